The van der Waals surface area contributed by atoms with Gasteiger partial charge in [0.05, 0.1) is 0 Å². The van der Waals surface area contributed by atoms with Gasteiger partial charge >= 0.3 is 0 Å². The van der Waals surface area contributed by atoms with E-state index in [0.717, 1.165) is 45.6 Å². The monoisotopic (exact) mass is 244 g/mol. The van der Waals surface area contributed by atoms with E-state index in [9.17, 15) is 0 Å². The van der Waals surface area contributed by atoms with E-state index in [-0.39, 0.29) is 0 Å². The average molecular weight is 244 g/mol. The van der Waals surface area contributed by atoms with Crippen LogP contribution in [-0.4, -0.2) is 32.7 Å². The second kappa shape index (κ2) is 12.3. The van der Waals surface area contributed by atoms with Crippen molar-refractivity contribution in [3.8, 4) is 0 Å². The van der Waals surface area contributed by atoms with E-state index in [1.807, 2.05) is 0 Å². The van der Waals surface area contributed by atoms with E-state index in [1.165, 1.54) is 19.3 Å². The Morgan fingerprint density at radius 2 is 1.47 bits per heavy atom. The highest BCUT2D eigenvalue weighted by molar-refractivity contribution is 4.68. The summed E-state index contributed by atoms with van der Waals surface area (Å²) in [6.45, 7) is 6.56. The molecule has 4 heteroatoms. The van der Waals surface area contributed by atoms with Gasteiger partial charge in [0.15, 0.2) is 0 Å². The molecule has 0 aromatic heterocycles. The van der Waals surface area contributed by atoms with Crippen molar-refractivity contribution in [3.05, 3.63) is 0 Å². The Bertz CT molecular complexity index is 146. The first-order valence-corrected chi connectivity index (χ1v) is 7.09. The van der Waals surface area contributed by atoms with E-state index >= 15 is 0 Å². The normalized spacial score (nSPS) is 13.2. The molecule has 0 amide bonds. The molecule has 0 spiro atoms. The van der Waals surface area contributed by atoms with Crippen LogP contribution in [0, 0.1) is 11.8 Å². The minimum Gasteiger partial charge on any atom is -0.330 e. The molecule has 0 heterocycles. The number of unbranched alkanes of at least 4 members (excludes halogenated alkanes) is 1. The Balaban J connectivity index is 3.67. The number of hydrogen-bond acceptors (Lipinski definition) is 4. The Hall–Kier alpha value is -0.160. The molecule has 0 aliphatic carbocycles. The van der Waals surface area contributed by atoms with Gasteiger partial charge in [-0.25, -0.2) is 0 Å². The smallest absolute Gasteiger partial charge is 0.000834 e. The molecule has 0 saturated carbocycles. The van der Waals surface area contributed by atoms with Gasteiger partial charge in [-0.15, -0.1) is 0 Å². The van der Waals surface area contributed by atoms with Gasteiger partial charge in [0.1, 0.15) is 0 Å². The van der Waals surface area contributed by atoms with E-state index in [0.29, 0.717) is 11.8 Å². The molecule has 0 radical (unpaired) electrons. The second-order valence-corrected chi connectivity index (χ2v) is 4.92. The molecule has 7 N–H and O–H groups in total. The maximum absolute atomic E-state index is 5.77. The Morgan fingerprint density at radius 1 is 0.882 bits per heavy atom. The minimum atomic E-state index is 0.617. The van der Waals surface area contributed by atoms with Crippen LogP contribution in [0.3, 0.4) is 0 Å². The van der Waals surface area contributed by atoms with Crippen LogP contribution < -0.4 is 22.5 Å². The third kappa shape index (κ3) is 9.53. The fraction of sp³-hybridized carbons (Fsp3) is 1.00. The molecule has 17 heavy (non-hydrogen) atoms. The van der Waals surface area contributed by atoms with Crippen molar-refractivity contribution in [3.63, 3.8) is 0 Å². The Kier molecular flexibility index (Phi) is 12.2. The maximum atomic E-state index is 5.77. The van der Waals surface area contributed by atoms with E-state index in [4.69, 9.17) is 17.2 Å². The summed E-state index contributed by atoms with van der Waals surface area (Å²) in [5, 5.41) is 3.52. The summed E-state index contributed by atoms with van der Waals surface area (Å²) in [6, 6.07) is 0. The molecule has 0 aromatic carbocycles. The van der Waals surface area contributed by atoms with Crippen LogP contribution in [0.5, 0.6) is 0 Å². The zero-order valence-electron chi connectivity index (χ0n) is 11.5. The van der Waals surface area contributed by atoms with Gasteiger partial charge in [0, 0.05) is 0 Å². The molecule has 0 saturated heterocycles. The average Bonchev–Trinajstić information content (AvgIpc) is 2.34. The number of rotatable bonds is 12. The highest BCUT2D eigenvalue weighted by atomic mass is 14.9. The lowest BCUT2D eigenvalue weighted by molar-refractivity contribution is 0.385. The maximum Gasteiger partial charge on any atom is -0.000834 e. The topological polar surface area (TPSA) is 90.1 Å². The van der Waals surface area contributed by atoms with E-state index in [1.54, 1.807) is 0 Å². The molecule has 0 fully saturated rings. The molecule has 0 aliphatic heterocycles. The van der Waals surface area contributed by atoms with Gasteiger partial charge in [-0.3, -0.25) is 0 Å². The highest BCUT2D eigenvalue weighted by Gasteiger charge is 2.09. The zero-order chi connectivity index (χ0) is 12.9. The van der Waals surface area contributed by atoms with Crippen molar-refractivity contribution in [1.82, 2.24) is 5.32 Å². The molecule has 1 unspecified atom stereocenters. The first-order chi connectivity index (χ1) is 8.28. The van der Waals surface area contributed by atoms with Gasteiger partial charge < -0.3 is 22.5 Å². The summed E-state index contributed by atoms with van der Waals surface area (Å²) in [5.41, 5.74) is 17.0. The number of hydrogen-bond donors (Lipinski definition) is 4. The van der Waals surface area contributed by atoms with Crippen molar-refractivity contribution < 1.29 is 0 Å². The van der Waals surface area contributed by atoms with Crippen LogP contribution in [0.1, 0.15) is 39.0 Å². The third-order valence-electron chi connectivity index (χ3n) is 3.32. The van der Waals surface area contributed by atoms with Crippen molar-refractivity contribution in [2.45, 2.75) is 39.0 Å². The lowest BCUT2D eigenvalue weighted by Gasteiger charge is -2.19. The van der Waals surface area contributed by atoms with Gasteiger partial charge in [-0.05, 0) is 63.8 Å². The Labute approximate surface area is 107 Å². The van der Waals surface area contributed by atoms with Crippen LogP contribution >= 0.6 is 0 Å². The highest BCUT2D eigenvalue weighted by Crippen LogP contribution is 2.08. The summed E-state index contributed by atoms with van der Waals surface area (Å²) < 4.78 is 0. The first-order valence-electron chi connectivity index (χ1n) is 7.09. The molecule has 0 rings (SSSR count). The molecule has 0 aliphatic rings. The summed E-state index contributed by atoms with van der Waals surface area (Å²) in [5.74, 6) is 1.24. The Morgan fingerprint density at radius 3 is 1.94 bits per heavy atom. The predicted octanol–water partition coefficient (Wildman–Crippen LogP) is 0.655. The molecule has 0 aromatic rings. The van der Waals surface area contributed by atoms with Crippen LogP contribution in [0.25, 0.3) is 0 Å². The predicted molar refractivity (Wildman–Crippen MR) is 75.8 cm³/mol. The summed E-state index contributed by atoms with van der Waals surface area (Å²) >= 11 is 0. The molecule has 4 nitrogen and oxygen atoms in total. The summed E-state index contributed by atoms with van der Waals surface area (Å²) in [4.78, 5) is 0. The quantitative estimate of drug-likeness (QED) is 0.406. The lowest BCUT2D eigenvalue weighted by Crippen LogP contribution is -2.33. The van der Waals surface area contributed by atoms with Crippen molar-refractivity contribution in [1.29, 1.82) is 0 Å². The van der Waals surface area contributed by atoms with Gasteiger partial charge in [0.2, 0.25) is 0 Å². The number of nitrogens with one attached hydrogen (secondary N) is 1. The molecular formula is C13H32N4. The fourth-order valence-corrected chi connectivity index (χ4v) is 2.11. The lowest BCUT2D eigenvalue weighted by atomic mass is 9.99. The van der Waals surface area contributed by atoms with Crippen LogP contribution in [0.2, 0.25) is 0 Å². The van der Waals surface area contributed by atoms with E-state index < -0.39 is 0 Å². The second-order valence-electron chi connectivity index (χ2n) is 4.92. The first kappa shape index (κ1) is 16.8. The van der Waals surface area contributed by atoms with Gasteiger partial charge in [-0.1, -0.05) is 19.8 Å². The minimum absolute atomic E-state index is 0.617. The largest absolute Gasteiger partial charge is 0.330 e. The van der Waals surface area contributed by atoms with Crippen molar-refractivity contribution in [2.24, 2.45) is 29.0 Å². The van der Waals surface area contributed by atoms with E-state index in [2.05, 4.69) is 12.2 Å². The van der Waals surface area contributed by atoms with Crippen LogP contribution in [0.15, 0.2) is 0 Å². The summed E-state index contributed by atoms with van der Waals surface area (Å²) in [7, 11) is 0. The van der Waals surface area contributed by atoms with Crippen LogP contribution in [0.4, 0.5) is 0 Å². The molecule has 1 atom stereocenters. The van der Waals surface area contributed by atoms with Crippen LogP contribution in [-0.2, 0) is 0 Å². The SMILES string of the molecule is CCCCC(CN)CNCC(CCN)CCN. The summed E-state index contributed by atoms with van der Waals surface area (Å²) in [6.07, 6.45) is 5.88. The van der Waals surface area contributed by atoms with Crippen molar-refractivity contribution in [2.75, 3.05) is 32.7 Å². The van der Waals surface area contributed by atoms with Gasteiger partial charge in [-0.2, -0.15) is 0 Å². The third-order valence-corrected chi connectivity index (χ3v) is 3.32. The van der Waals surface area contributed by atoms with Gasteiger partial charge in [0.25, 0.3) is 0 Å². The standard InChI is InChI=1S/C13H32N4/c1-2-3-4-13(9-16)11-17-10-12(5-7-14)6-8-15/h12-13,17H,2-11,14-16H2,1H3. The molecule has 0 bridgehead atoms. The zero-order valence-corrected chi connectivity index (χ0v) is 11.5. The van der Waals surface area contributed by atoms with Crippen molar-refractivity contribution >= 4 is 0 Å². The number of nitrogens with two attached hydrogens (primary N) is 3. The molecular weight excluding hydrogens is 212 g/mol. The molecule has 104 valence electrons. The fourth-order valence-electron chi connectivity index (χ4n) is 2.11.